The van der Waals surface area contributed by atoms with Gasteiger partial charge in [-0.3, -0.25) is 4.79 Å². The molecule has 1 fully saturated rings. The van der Waals surface area contributed by atoms with Crippen molar-refractivity contribution in [3.63, 3.8) is 0 Å². The van der Waals surface area contributed by atoms with Crippen LogP contribution in [0.25, 0.3) is 0 Å². The number of carbonyl (C=O) groups is 1. The lowest BCUT2D eigenvalue weighted by molar-refractivity contribution is -0.120. The van der Waals surface area contributed by atoms with Gasteiger partial charge in [-0.1, -0.05) is 12.1 Å². The molecule has 2 N–H and O–H groups in total. The second-order valence-electron chi connectivity index (χ2n) is 5.81. The Bertz CT molecular complexity index is 557. The number of anilines is 1. The number of nitrogens with zero attached hydrogens (tertiary/aromatic N) is 1. The highest BCUT2D eigenvalue weighted by Crippen LogP contribution is 2.39. The van der Waals surface area contributed by atoms with Gasteiger partial charge in [-0.25, -0.2) is 0 Å². The van der Waals surface area contributed by atoms with Crippen molar-refractivity contribution in [2.45, 2.75) is 39.2 Å². The molecule has 0 aliphatic heterocycles. The van der Waals surface area contributed by atoms with Crippen LogP contribution in [-0.4, -0.2) is 18.0 Å². The maximum atomic E-state index is 12.0. The molecule has 0 bridgehead atoms. The second kappa shape index (κ2) is 5.54. The number of nitriles is 1. The zero-order valence-electron chi connectivity index (χ0n) is 12.3. The van der Waals surface area contributed by atoms with Gasteiger partial charge in [0.15, 0.2) is 0 Å². The van der Waals surface area contributed by atoms with Crippen LogP contribution < -0.4 is 10.6 Å². The summed E-state index contributed by atoms with van der Waals surface area (Å²) >= 11 is 0. The highest BCUT2D eigenvalue weighted by atomic mass is 16.2. The van der Waals surface area contributed by atoms with Crippen LogP contribution in [0.4, 0.5) is 5.69 Å². The lowest BCUT2D eigenvalue weighted by atomic mass is 9.98. The van der Waals surface area contributed by atoms with Crippen LogP contribution in [0.3, 0.4) is 0 Å². The van der Waals surface area contributed by atoms with Gasteiger partial charge in [-0.2, -0.15) is 5.26 Å². The topological polar surface area (TPSA) is 64.9 Å². The molecule has 0 spiro atoms. The number of aryl methyl sites for hydroxylation is 2. The smallest absolute Gasteiger partial charge is 0.240 e. The molecule has 1 saturated carbocycles. The summed E-state index contributed by atoms with van der Waals surface area (Å²) < 4.78 is 0. The third kappa shape index (κ3) is 3.30. The van der Waals surface area contributed by atoms with Crippen molar-refractivity contribution in [3.8, 4) is 6.07 Å². The highest BCUT2D eigenvalue weighted by Gasteiger charge is 2.42. The molecule has 1 amide bonds. The number of hydrogen-bond donors (Lipinski definition) is 2. The zero-order valence-corrected chi connectivity index (χ0v) is 12.3. The monoisotopic (exact) mass is 271 g/mol. The van der Waals surface area contributed by atoms with Crippen molar-refractivity contribution in [2.24, 2.45) is 5.92 Å². The predicted molar refractivity (Wildman–Crippen MR) is 79.3 cm³/mol. The van der Waals surface area contributed by atoms with E-state index >= 15 is 0 Å². The molecule has 106 valence electrons. The summed E-state index contributed by atoms with van der Waals surface area (Å²) in [5, 5.41) is 15.2. The fraction of sp³-hybridized carbons (Fsp3) is 0.500. The summed E-state index contributed by atoms with van der Waals surface area (Å²) in [4.78, 5) is 12.0. The van der Waals surface area contributed by atoms with Crippen molar-refractivity contribution in [1.29, 1.82) is 5.26 Å². The van der Waals surface area contributed by atoms with Crippen LogP contribution in [-0.2, 0) is 4.79 Å². The second-order valence-corrected chi connectivity index (χ2v) is 5.81. The molecule has 0 radical (unpaired) electrons. The van der Waals surface area contributed by atoms with Crippen molar-refractivity contribution < 1.29 is 4.79 Å². The average Bonchev–Trinajstić information content (AvgIpc) is 3.24. The number of rotatable bonds is 5. The van der Waals surface area contributed by atoms with Crippen LogP contribution in [0, 0.1) is 31.1 Å². The standard InChI is InChI=1S/C16H21N3O/c1-11-4-5-12(2)14(8-11)18-9-15(20)19-16(3,10-17)13-6-7-13/h4-5,8,13,18H,6-7,9H2,1-3H3,(H,19,20). The molecule has 1 aromatic carbocycles. The van der Waals surface area contributed by atoms with E-state index < -0.39 is 5.54 Å². The average molecular weight is 271 g/mol. The van der Waals surface area contributed by atoms with E-state index in [0.29, 0.717) is 5.92 Å². The molecule has 1 aliphatic carbocycles. The Morgan fingerprint density at radius 1 is 1.45 bits per heavy atom. The van der Waals surface area contributed by atoms with Gasteiger partial charge in [0.2, 0.25) is 5.91 Å². The molecule has 0 saturated heterocycles. The minimum absolute atomic E-state index is 0.137. The lowest BCUT2D eigenvalue weighted by Crippen LogP contribution is -2.48. The number of amides is 1. The maximum absolute atomic E-state index is 12.0. The fourth-order valence-corrected chi connectivity index (χ4v) is 2.32. The summed E-state index contributed by atoms with van der Waals surface area (Å²) in [5.74, 6) is 0.166. The van der Waals surface area contributed by atoms with Crippen molar-refractivity contribution in [2.75, 3.05) is 11.9 Å². The third-order valence-electron chi connectivity index (χ3n) is 3.86. The van der Waals surface area contributed by atoms with E-state index in [-0.39, 0.29) is 12.5 Å². The van der Waals surface area contributed by atoms with Gasteiger partial charge in [-0.15, -0.1) is 0 Å². The Morgan fingerprint density at radius 3 is 2.75 bits per heavy atom. The van der Waals surface area contributed by atoms with E-state index in [1.54, 1.807) is 6.92 Å². The van der Waals surface area contributed by atoms with E-state index in [9.17, 15) is 10.1 Å². The van der Waals surface area contributed by atoms with Crippen molar-refractivity contribution >= 4 is 11.6 Å². The van der Waals surface area contributed by atoms with Crippen LogP contribution in [0.15, 0.2) is 18.2 Å². The van der Waals surface area contributed by atoms with E-state index in [1.165, 1.54) is 0 Å². The van der Waals surface area contributed by atoms with Crippen LogP contribution in [0.1, 0.15) is 30.9 Å². The summed E-state index contributed by atoms with van der Waals surface area (Å²) in [6.07, 6.45) is 2.05. The molecule has 0 aromatic heterocycles. The largest absolute Gasteiger partial charge is 0.376 e. The van der Waals surface area contributed by atoms with Gasteiger partial charge in [0, 0.05) is 5.69 Å². The van der Waals surface area contributed by atoms with Gasteiger partial charge >= 0.3 is 0 Å². The minimum Gasteiger partial charge on any atom is -0.376 e. The normalized spacial score (nSPS) is 16.9. The first-order valence-corrected chi connectivity index (χ1v) is 6.98. The molecule has 2 rings (SSSR count). The first kappa shape index (κ1) is 14.4. The van der Waals surface area contributed by atoms with E-state index in [4.69, 9.17) is 0 Å². The van der Waals surface area contributed by atoms with Gasteiger partial charge in [0.1, 0.15) is 5.54 Å². The van der Waals surface area contributed by atoms with Crippen LogP contribution in [0.2, 0.25) is 0 Å². The Kier molecular flexibility index (Phi) is 3.99. The summed E-state index contributed by atoms with van der Waals surface area (Å²) in [6.45, 7) is 6.02. The summed E-state index contributed by atoms with van der Waals surface area (Å²) in [7, 11) is 0. The minimum atomic E-state index is -0.722. The van der Waals surface area contributed by atoms with Crippen LogP contribution >= 0.6 is 0 Å². The number of benzene rings is 1. The molecule has 0 heterocycles. The van der Waals surface area contributed by atoms with Crippen LogP contribution in [0.5, 0.6) is 0 Å². The lowest BCUT2D eigenvalue weighted by Gasteiger charge is -2.23. The molecular formula is C16H21N3O. The SMILES string of the molecule is Cc1ccc(C)c(NCC(=O)NC(C)(C#N)C2CC2)c1. The highest BCUT2D eigenvalue weighted by molar-refractivity contribution is 5.82. The van der Waals surface area contributed by atoms with Gasteiger partial charge in [-0.05, 0) is 56.7 Å². The third-order valence-corrected chi connectivity index (χ3v) is 3.86. The Balaban J connectivity index is 1.92. The van der Waals surface area contributed by atoms with Crippen molar-refractivity contribution in [1.82, 2.24) is 5.32 Å². The molecule has 1 aromatic rings. The number of carbonyl (C=O) groups excluding carboxylic acids is 1. The van der Waals surface area contributed by atoms with E-state index in [2.05, 4.69) is 16.7 Å². The fourth-order valence-electron chi connectivity index (χ4n) is 2.32. The Morgan fingerprint density at radius 2 is 2.15 bits per heavy atom. The molecule has 1 unspecified atom stereocenters. The molecule has 1 aliphatic rings. The summed E-state index contributed by atoms with van der Waals surface area (Å²) in [6, 6.07) is 8.32. The van der Waals surface area contributed by atoms with E-state index in [1.807, 2.05) is 32.0 Å². The predicted octanol–water partition coefficient (Wildman–Crippen LogP) is 2.52. The first-order chi connectivity index (χ1) is 9.44. The summed E-state index contributed by atoms with van der Waals surface area (Å²) in [5.41, 5.74) is 2.50. The zero-order chi connectivity index (χ0) is 14.8. The molecule has 4 nitrogen and oxygen atoms in total. The number of hydrogen-bond acceptors (Lipinski definition) is 3. The Hall–Kier alpha value is -2.02. The van der Waals surface area contributed by atoms with Gasteiger partial charge in [0.25, 0.3) is 0 Å². The maximum Gasteiger partial charge on any atom is 0.240 e. The van der Waals surface area contributed by atoms with Crippen molar-refractivity contribution in [3.05, 3.63) is 29.3 Å². The molecule has 4 heteroatoms. The van der Waals surface area contributed by atoms with Gasteiger partial charge < -0.3 is 10.6 Å². The Labute approximate surface area is 120 Å². The molecular weight excluding hydrogens is 250 g/mol. The first-order valence-electron chi connectivity index (χ1n) is 6.98. The van der Waals surface area contributed by atoms with Gasteiger partial charge in [0.05, 0.1) is 12.6 Å². The van der Waals surface area contributed by atoms with E-state index in [0.717, 1.165) is 29.7 Å². The quantitative estimate of drug-likeness (QED) is 0.865. The number of nitrogens with one attached hydrogen (secondary N) is 2. The molecule has 20 heavy (non-hydrogen) atoms. The molecule has 1 atom stereocenters.